The molecule has 0 aliphatic carbocycles. The van der Waals surface area contributed by atoms with E-state index >= 15 is 0 Å². The zero-order chi connectivity index (χ0) is 21.0. The average molecular weight is 394 g/mol. The quantitative estimate of drug-likeness (QED) is 0.671. The normalized spacial score (nSPS) is 16.1. The van der Waals surface area contributed by atoms with E-state index in [0.29, 0.717) is 17.7 Å². The fourth-order valence-corrected chi connectivity index (χ4v) is 3.37. The molecule has 29 heavy (non-hydrogen) atoms. The molecule has 1 saturated heterocycles. The van der Waals surface area contributed by atoms with E-state index in [1.807, 2.05) is 12.1 Å². The van der Waals surface area contributed by atoms with Gasteiger partial charge in [0.15, 0.2) is 5.54 Å². The number of carbonyl (C=O) groups is 4. The number of nitrogens with zero attached hydrogens (tertiary/aromatic N) is 1. The molecule has 2 aromatic rings. The number of nitrogens with one attached hydrogen (secondary N) is 3. The Morgan fingerprint density at radius 3 is 2.00 bits per heavy atom. The summed E-state index contributed by atoms with van der Waals surface area (Å²) in [6, 6.07) is 15.1. The van der Waals surface area contributed by atoms with Crippen LogP contribution in [0.25, 0.3) is 0 Å². The molecule has 1 aliphatic rings. The molecule has 0 saturated carbocycles. The summed E-state index contributed by atoms with van der Waals surface area (Å²) in [5.41, 5.74) is -0.313. The van der Waals surface area contributed by atoms with Crippen molar-refractivity contribution in [3.8, 4) is 0 Å². The fourth-order valence-electron chi connectivity index (χ4n) is 3.37. The maximum absolute atomic E-state index is 13.6. The minimum atomic E-state index is -1.46. The number of imide groups is 2. The summed E-state index contributed by atoms with van der Waals surface area (Å²) in [6.07, 6.45) is 0. The second kappa shape index (κ2) is 8.14. The summed E-state index contributed by atoms with van der Waals surface area (Å²) >= 11 is 0. The van der Waals surface area contributed by atoms with Crippen molar-refractivity contribution in [1.82, 2.24) is 20.9 Å². The van der Waals surface area contributed by atoms with E-state index < -0.39 is 35.5 Å². The maximum atomic E-state index is 13.6. The molecule has 1 heterocycles. The van der Waals surface area contributed by atoms with E-state index in [4.69, 9.17) is 0 Å². The molecule has 0 spiro atoms. The van der Waals surface area contributed by atoms with Crippen LogP contribution >= 0.6 is 0 Å². The lowest BCUT2D eigenvalue weighted by atomic mass is 9.82. The van der Waals surface area contributed by atoms with E-state index in [9.17, 15) is 19.2 Å². The Labute approximate surface area is 168 Å². The highest BCUT2D eigenvalue weighted by molar-refractivity contribution is 6.12. The Morgan fingerprint density at radius 2 is 1.52 bits per heavy atom. The van der Waals surface area contributed by atoms with Crippen molar-refractivity contribution in [2.75, 3.05) is 6.54 Å². The van der Waals surface area contributed by atoms with E-state index in [0.717, 1.165) is 4.90 Å². The zero-order valence-corrected chi connectivity index (χ0v) is 16.1. The predicted molar refractivity (Wildman–Crippen MR) is 106 cm³/mol. The highest BCUT2D eigenvalue weighted by Crippen LogP contribution is 2.36. The lowest BCUT2D eigenvalue weighted by molar-refractivity contribution is -0.136. The van der Waals surface area contributed by atoms with Gasteiger partial charge in [0.05, 0.1) is 0 Å². The number of urea groups is 2. The van der Waals surface area contributed by atoms with Gasteiger partial charge in [-0.15, -0.1) is 0 Å². The number of amides is 6. The highest BCUT2D eigenvalue weighted by Gasteiger charge is 2.55. The van der Waals surface area contributed by atoms with Crippen LogP contribution in [0.5, 0.6) is 0 Å². The molecule has 8 nitrogen and oxygen atoms in total. The fraction of sp³-hybridized carbons (Fsp3) is 0.238. The van der Waals surface area contributed by atoms with Gasteiger partial charge in [0.2, 0.25) is 0 Å². The van der Waals surface area contributed by atoms with Crippen molar-refractivity contribution in [2.45, 2.75) is 25.4 Å². The Bertz CT molecular complexity index is 891. The van der Waals surface area contributed by atoms with Crippen LogP contribution in [0.3, 0.4) is 0 Å². The first-order chi connectivity index (χ1) is 13.9. The summed E-state index contributed by atoms with van der Waals surface area (Å²) < 4.78 is 0. The van der Waals surface area contributed by atoms with Crippen LogP contribution in [0.2, 0.25) is 0 Å². The predicted octanol–water partition coefficient (Wildman–Crippen LogP) is 1.72. The molecule has 3 N–H and O–H groups in total. The second-order valence-electron chi connectivity index (χ2n) is 6.61. The molecule has 3 rings (SSSR count). The highest BCUT2D eigenvalue weighted by atomic mass is 16.2. The average Bonchev–Trinajstić information content (AvgIpc) is 3.00. The number of carbonyl (C=O) groups excluding carboxylic acids is 4. The monoisotopic (exact) mass is 394 g/mol. The van der Waals surface area contributed by atoms with Crippen LogP contribution in [0.4, 0.5) is 9.59 Å². The first-order valence-electron chi connectivity index (χ1n) is 9.27. The molecular weight excluding hydrogens is 372 g/mol. The Hall–Kier alpha value is -3.68. The molecule has 2 aromatic carbocycles. The lowest BCUT2D eigenvalue weighted by Gasteiger charge is -2.28. The summed E-state index contributed by atoms with van der Waals surface area (Å²) in [7, 11) is 0. The van der Waals surface area contributed by atoms with Crippen molar-refractivity contribution >= 4 is 23.9 Å². The van der Waals surface area contributed by atoms with Crippen LogP contribution in [0.15, 0.2) is 60.7 Å². The lowest BCUT2D eigenvalue weighted by Crippen LogP contribution is -2.52. The van der Waals surface area contributed by atoms with E-state index in [1.165, 1.54) is 6.92 Å². The van der Waals surface area contributed by atoms with Crippen molar-refractivity contribution in [1.29, 1.82) is 0 Å². The summed E-state index contributed by atoms with van der Waals surface area (Å²) in [6.45, 7) is 3.44. The van der Waals surface area contributed by atoms with Crippen molar-refractivity contribution in [3.63, 3.8) is 0 Å². The van der Waals surface area contributed by atoms with Crippen molar-refractivity contribution in [2.24, 2.45) is 0 Å². The third-order valence-corrected chi connectivity index (χ3v) is 4.81. The van der Waals surface area contributed by atoms with E-state index in [2.05, 4.69) is 16.0 Å². The van der Waals surface area contributed by atoms with Crippen LogP contribution in [-0.2, 0) is 15.1 Å². The minimum Gasteiger partial charge on any atom is -0.338 e. The van der Waals surface area contributed by atoms with Crippen molar-refractivity contribution in [3.05, 3.63) is 71.8 Å². The molecule has 1 aliphatic heterocycles. The first-order valence-corrected chi connectivity index (χ1v) is 9.27. The number of hydrogen-bond acceptors (Lipinski definition) is 4. The molecule has 6 amide bonds. The molecule has 8 heteroatoms. The topological polar surface area (TPSA) is 108 Å². The third-order valence-electron chi connectivity index (χ3n) is 4.81. The zero-order valence-electron chi connectivity index (χ0n) is 16.1. The Kier molecular flexibility index (Phi) is 5.63. The third kappa shape index (κ3) is 3.56. The van der Waals surface area contributed by atoms with Gasteiger partial charge in [-0.1, -0.05) is 60.7 Å². The van der Waals surface area contributed by atoms with Gasteiger partial charge < -0.3 is 10.6 Å². The van der Waals surface area contributed by atoms with Gasteiger partial charge in [-0.25, -0.2) is 14.5 Å². The van der Waals surface area contributed by atoms with Gasteiger partial charge in [-0.3, -0.25) is 14.9 Å². The number of benzene rings is 2. The van der Waals surface area contributed by atoms with E-state index in [1.54, 1.807) is 55.5 Å². The summed E-state index contributed by atoms with van der Waals surface area (Å²) in [4.78, 5) is 51.3. The summed E-state index contributed by atoms with van der Waals surface area (Å²) in [5, 5.41) is 7.35. The van der Waals surface area contributed by atoms with Crippen molar-refractivity contribution < 1.29 is 19.2 Å². The SMILES string of the molecule is CCNC(=O)NC(=O)[C@@H](C)N1C(=O)NC(c2ccccc2)(c2ccccc2)C1=O. The molecule has 0 unspecified atom stereocenters. The molecule has 1 fully saturated rings. The molecule has 1 atom stereocenters. The molecule has 150 valence electrons. The largest absolute Gasteiger partial charge is 0.338 e. The number of rotatable bonds is 5. The van der Waals surface area contributed by atoms with E-state index in [-0.39, 0.29) is 0 Å². The van der Waals surface area contributed by atoms with Gasteiger partial charge >= 0.3 is 12.1 Å². The maximum Gasteiger partial charge on any atom is 0.326 e. The standard InChI is InChI=1S/C21H22N4O4/c1-3-22-19(28)23-17(26)14(2)25-18(27)21(24-20(25)29,15-10-6-4-7-11-15)16-12-8-5-9-13-16/h4-14H,3H2,1-2H3,(H,24,29)(H2,22,23,26,28)/t14-/m1/s1. The van der Waals surface area contributed by atoms with Crippen LogP contribution < -0.4 is 16.0 Å². The van der Waals surface area contributed by atoms with Crippen LogP contribution in [0, 0.1) is 0 Å². The van der Waals surface area contributed by atoms with Gasteiger partial charge in [0, 0.05) is 6.54 Å². The summed E-state index contributed by atoms with van der Waals surface area (Å²) in [5.74, 6) is -1.34. The van der Waals surface area contributed by atoms with Crippen LogP contribution in [-0.4, -0.2) is 41.4 Å². The van der Waals surface area contributed by atoms with Gasteiger partial charge in [-0.2, -0.15) is 0 Å². The Balaban J connectivity index is 2.00. The number of hydrogen-bond donors (Lipinski definition) is 3. The minimum absolute atomic E-state index is 0.335. The van der Waals surface area contributed by atoms with Gasteiger partial charge in [-0.05, 0) is 25.0 Å². The molecular formula is C21H22N4O4. The molecule has 0 aromatic heterocycles. The molecule has 0 radical (unpaired) electrons. The first kappa shape index (κ1) is 20.1. The smallest absolute Gasteiger partial charge is 0.326 e. The molecule has 0 bridgehead atoms. The Morgan fingerprint density at radius 1 is 1.00 bits per heavy atom. The van der Waals surface area contributed by atoms with Gasteiger partial charge in [0.25, 0.3) is 11.8 Å². The second-order valence-corrected chi connectivity index (χ2v) is 6.61. The van der Waals surface area contributed by atoms with Gasteiger partial charge in [0.1, 0.15) is 6.04 Å². The van der Waals surface area contributed by atoms with Crippen LogP contribution in [0.1, 0.15) is 25.0 Å².